The van der Waals surface area contributed by atoms with Crippen LogP contribution in [0, 0.1) is 10.1 Å². The Morgan fingerprint density at radius 1 is 1.43 bits per heavy atom. The summed E-state index contributed by atoms with van der Waals surface area (Å²) in [5, 5.41) is 19.9. The van der Waals surface area contributed by atoms with Gasteiger partial charge in [0, 0.05) is 0 Å². The van der Waals surface area contributed by atoms with E-state index in [0.29, 0.717) is 11.3 Å². The molecule has 0 aliphatic carbocycles. The van der Waals surface area contributed by atoms with Gasteiger partial charge in [0.25, 0.3) is 0 Å². The van der Waals surface area contributed by atoms with Crippen molar-refractivity contribution in [1.29, 1.82) is 0 Å². The summed E-state index contributed by atoms with van der Waals surface area (Å²) in [5.41, 5.74) is 0.464. The summed E-state index contributed by atoms with van der Waals surface area (Å²) in [6, 6.07) is 5.34. The molecule has 8 nitrogen and oxygen atoms in total. The second-order valence-electron chi connectivity index (χ2n) is 3.95. The maximum Gasteiger partial charge on any atom is 0.381 e. The van der Waals surface area contributed by atoms with E-state index in [4.69, 9.17) is 4.74 Å². The van der Waals surface area contributed by atoms with Crippen LogP contribution in [-0.2, 0) is 4.79 Å². The number of benzene rings is 1. The molecule has 1 aromatic heterocycles. The third-order valence-corrected chi connectivity index (χ3v) is 2.74. The minimum Gasteiger partial charge on any atom is -0.497 e. The van der Waals surface area contributed by atoms with E-state index in [-0.39, 0.29) is 7.43 Å². The molecule has 1 atom stereocenters. The van der Waals surface area contributed by atoms with Crippen LogP contribution in [0.1, 0.15) is 19.0 Å². The van der Waals surface area contributed by atoms with Gasteiger partial charge in [-0.3, -0.25) is 4.57 Å². The number of carbonyl (C=O) groups is 1. The van der Waals surface area contributed by atoms with E-state index in [2.05, 4.69) is 4.98 Å². The molecular formula is C13H15N3O5. The van der Waals surface area contributed by atoms with Gasteiger partial charge in [0.15, 0.2) is 6.04 Å². The van der Waals surface area contributed by atoms with Crippen molar-refractivity contribution in [3.63, 3.8) is 0 Å². The number of methoxy groups -OCH3 is 1. The second kappa shape index (κ2) is 6.51. The van der Waals surface area contributed by atoms with E-state index in [1.807, 2.05) is 0 Å². The quantitative estimate of drug-likeness (QED) is 0.668. The van der Waals surface area contributed by atoms with E-state index in [9.17, 15) is 20.0 Å². The molecule has 21 heavy (non-hydrogen) atoms. The summed E-state index contributed by atoms with van der Waals surface area (Å²) in [6.07, 6.45) is 2.21. The number of hydrogen-bond donors (Lipinski definition) is 1. The topological polar surface area (TPSA) is 107 Å². The van der Waals surface area contributed by atoms with Crippen LogP contribution in [0.3, 0.4) is 0 Å². The van der Waals surface area contributed by atoms with Crippen LogP contribution < -0.4 is 4.74 Å². The molecule has 0 bridgehead atoms. The highest BCUT2D eigenvalue weighted by Gasteiger charge is 2.25. The van der Waals surface area contributed by atoms with E-state index in [0.717, 1.165) is 12.5 Å². The normalized spacial score (nSPS) is 11.3. The first-order valence-electron chi connectivity index (χ1n) is 5.57. The van der Waals surface area contributed by atoms with E-state index < -0.39 is 22.8 Å². The van der Waals surface area contributed by atoms with Gasteiger partial charge in [0.2, 0.25) is 6.33 Å². The van der Waals surface area contributed by atoms with Crippen molar-refractivity contribution in [2.45, 2.75) is 13.5 Å². The van der Waals surface area contributed by atoms with Crippen molar-refractivity contribution >= 4 is 11.8 Å². The predicted octanol–water partition coefficient (Wildman–Crippen LogP) is 2.11. The van der Waals surface area contributed by atoms with Gasteiger partial charge in [-0.25, -0.2) is 4.79 Å². The fraction of sp³-hybridized carbons (Fsp3) is 0.231. The van der Waals surface area contributed by atoms with Crippen molar-refractivity contribution in [3.8, 4) is 5.75 Å². The van der Waals surface area contributed by atoms with Crippen LogP contribution in [0.4, 0.5) is 5.82 Å². The molecule has 0 saturated heterocycles. The molecule has 0 radical (unpaired) electrons. The fourth-order valence-electron chi connectivity index (χ4n) is 1.79. The van der Waals surface area contributed by atoms with Gasteiger partial charge in [-0.15, -0.1) is 0 Å². The van der Waals surface area contributed by atoms with Crippen LogP contribution in [0.5, 0.6) is 5.75 Å². The number of imidazole rings is 1. The molecule has 1 aromatic carbocycles. The van der Waals surface area contributed by atoms with Crippen LogP contribution in [0.25, 0.3) is 0 Å². The minimum absolute atomic E-state index is 0. The number of aromatic nitrogens is 2. The van der Waals surface area contributed by atoms with Crippen molar-refractivity contribution < 1.29 is 19.6 Å². The lowest BCUT2D eigenvalue weighted by molar-refractivity contribution is -0.389. The largest absolute Gasteiger partial charge is 0.497 e. The zero-order valence-electron chi connectivity index (χ0n) is 10.5. The van der Waals surface area contributed by atoms with E-state index in [1.165, 1.54) is 11.7 Å². The Balaban J connectivity index is 0.00000220. The average Bonchev–Trinajstić information content (AvgIpc) is 2.89. The van der Waals surface area contributed by atoms with Crippen LogP contribution in [0.2, 0.25) is 0 Å². The Morgan fingerprint density at radius 3 is 2.48 bits per heavy atom. The maximum atomic E-state index is 11.4. The number of hydrogen-bond acceptors (Lipinski definition) is 5. The highest BCUT2D eigenvalue weighted by atomic mass is 16.6. The molecule has 2 aromatic rings. The molecule has 1 unspecified atom stereocenters. The predicted molar refractivity (Wildman–Crippen MR) is 74.4 cm³/mol. The monoisotopic (exact) mass is 293 g/mol. The van der Waals surface area contributed by atoms with E-state index >= 15 is 0 Å². The molecule has 0 aliphatic rings. The molecule has 112 valence electrons. The summed E-state index contributed by atoms with van der Waals surface area (Å²) < 4.78 is 6.18. The molecule has 8 heteroatoms. The van der Waals surface area contributed by atoms with Crippen molar-refractivity contribution in [2.75, 3.05) is 7.11 Å². The molecule has 0 aliphatic heterocycles. The van der Waals surface area contributed by atoms with Gasteiger partial charge in [0.05, 0.1) is 7.11 Å². The Bertz CT molecular complexity index is 636. The molecule has 2 rings (SSSR count). The van der Waals surface area contributed by atoms with Gasteiger partial charge in [-0.2, -0.15) is 0 Å². The van der Waals surface area contributed by atoms with Crippen LogP contribution >= 0.6 is 0 Å². The smallest absolute Gasteiger partial charge is 0.381 e. The summed E-state index contributed by atoms with van der Waals surface area (Å²) >= 11 is 0. The van der Waals surface area contributed by atoms with Gasteiger partial charge >= 0.3 is 11.8 Å². The Labute approximate surface area is 120 Å². The average molecular weight is 293 g/mol. The minimum atomic E-state index is -1.14. The summed E-state index contributed by atoms with van der Waals surface area (Å²) in [5.74, 6) is -0.943. The SMILES string of the molecule is C.COc1ccc(C(C(=O)O)n2cnc([N+](=O)[O-])c2)cc1. The van der Waals surface area contributed by atoms with Gasteiger partial charge < -0.3 is 20.0 Å². The molecule has 1 N–H and O–H groups in total. The Morgan fingerprint density at radius 2 is 2.05 bits per heavy atom. The highest BCUT2D eigenvalue weighted by molar-refractivity contribution is 5.76. The second-order valence-corrected chi connectivity index (χ2v) is 3.95. The van der Waals surface area contributed by atoms with Crippen LogP contribution in [-0.4, -0.2) is 32.7 Å². The number of aliphatic carboxylic acids is 1. The molecule has 0 amide bonds. The highest BCUT2D eigenvalue weighted by Crippen LogP contribution is 2.23. The number of nitrogens with zero attached hydrogens (tertiary/aromatic N) is 3. The number of carboxylic acids is 1. The van der Waals surface area contributed by atoms with Gasteiger partial charge in [0.1, 0.15) is 11.9 Å². The molecule has 1 heterocycles. The lowest BCUT2D eigenvalue weighted by Gasteiger charge is -2.13. The Kier molecular flexibility index (Phi) is 5.01. The fourth-order valence-corrected chi connectivity index (χ4v) is 1.79. The number of ether oxygens (including phenoxy) is 1. The molecular weight excluding hydrogens is 278 g/mol. The standard InChI is InChI=1S/C12H11N3O5.CH4/c1-20-9-4-2-8(3-5-9)11(12(16)17)14-6-10(13-7-14)15(18)19;/h2-7,11H,1H3,(H,16,17);1H4. The Hall–Kier alpha value is -2.90. The number of nitro groups is 1. The van der Waals surface area contributed by atoms with Crippen LogP contribution in [0.15, 0.2) is 36.8 Å². The molecule has 0 fully saturated rings. The summed E-state index contributed by atoms with van der Waals surface area (Å²) in [7, 11) is 1.50. The third-order valence-electron chi connectivity index (χ3n) is 2.74. The maximum absolute atomic E-state index is 11.4. The number of carboxylic acid groups (broad SMARTS) is 1. The van der Waals surface area contributed by atoms with E-state index in [1.54, 1.807) is 24.3 Å². The zero-order valence-corrected chi connectivity index (χ0v) is 10.5. The molecule has 0 saturated carbocycles. The molecule has 0 spiro atoms. The van der Waals surface area contributed by atoms with Gasteiger partial charge in [-0.1, -0.05) is 19.6 Å². The first-order valence-corrected chi connectivity index (χ1v) is 5.57. The van der Waals surface area contributed by atoms with Crippen molar-refractivity contribution in [1.82, 2.24) is 9.55 Å². The first kappa shape index (κ1) is 16.2. The lowest BCUT2D eigenvalue weighted by atomic mass is 10.1. The lowest BCUT2D eigenvalue weighted by Crippen LogP contribution is -2.19. The third kappa shape index (κ3) is 3.35. The summed E-state index contributed by atoms with van der Waals surface area (Å²) in [4.78, 5) is 24.9. The number of rotatable bonds is 5. The van der Waals surface area contributed by atoms with Gasteiger partial charge in [-0.05, 0) is 27.6 Å². The van der Waals surface area contributed by atoms with Crippen molar-refractivity contribution in [3.05, 3.63) is 52.5 Å². The summed E-state index contributed by atoms with van der Waals surface area (Å²) in [6.45, 7) is 0. The first-order chi connectivity index (χ1) is 9.52. The zero-order chi connectivity index (χ0) is 14.7. The van der Waals surface area contributed by atoms with Crippen molar-refractivity contribution in [2.24, 2.45) is 0 Å².